The number of alkyl halides is 4. The number of carbonyl (C=O) groups excluding carboxylic acids is 2. The zero-order chi connectivity index (χ0) is 14.5. The Labute approximate surface area is 134 Å². The Morgan fingerprint density at radius 3 is 2.37 bits per heavy atom. The summed E-state index contributed by atoms with van der Waals surface area (Å²) in [6.45, 7) is 0. The Morgan fingerprint density at radius 1 is 1.26 bits per heavy atom. The van der Waals surface area contributed by atoms with E-state index in [1.54, 1.807) is 0 Å². The smallest absolute Gasteiger partial charge is 0.340 e. The van der Waals surface area contributed by atoms with Gasteiger partial charge in [0.2, 0.25) is 0 Å². The van der Waals surface area contributed by atoms with Crippen molar-refractivity contribution < 1.29 is 22.8 Å². The fraction of sp³-hybridized carbons (Fsp3) is 0.333. The molecule has 0 saturated carbocycles. The van der Waals surface area contributed by atoms with E-state index in [4.69, 9.17) is 0 Å². The van der Waals surface area contributed by atoms with Gasteiger partial charge in [0.15, 0.2) is 5.78 Å². The first-order chi connectivity index (χ1) is 8.64. The number of carbonyl (C=O) groups is 2. The number of hydrogen-bond acceptors (Lipinski definition) is 3. The van der Waals surface area contributed by atoms with Gasteiger partial charge < -0.3 is 5.32 Å². The van der Waals surface area contributed by atoms with Crippen molar-refractivity contribution in [3.8, 4) is 0 Å². The molecule has 0 aromatic carbocycles. The number of ketones is 1. The van der Waals surface area contributed by atoms with Crippen LogP contribution >= 0.6 is 59.1 Å². The van der Waals surface area contributed by atoms with Crippen molar-refractivity contribution >= 4 is 70.8 Å². The van der Waals surface area contributed by atoms with Gasteiger partial charge in [-0.2, -0.15) is 13.2 Å². The quantitative estimate of drug-likeness (QED) is 0.612. The number of thiophene rings is 1. The number of nitrogens with one attached hydrogen (secondary N) is 1. The van der Waals surface area contributed by atoms with Crippen LogP contribution in [-0.4, -0.2) is 22.7 Å². The van der Waals surface area contributed by atoms with Crippen LogP contribution in [-0.2, 0) is 4.79 Å². The van der Waals surface area contributed by atoms with Gasteiger partial charge in [-0.15, -0.1) is 11.3 Å². The summed E-state index contributed by atoms with van der Waals surface area (Å²) in [5.74, 6) is -2.44. The fourth-order valence-electron chi connectivity index (χ4n) is 1.70. The lowest BCUT2D eigenvalue weighted by atomic mass is 10.2. The standard InChI is InChI=1S/C9H3Br3F3NO2S/c10-3-4(16-8(18)9(13,14)15)1-2(5(3)17)7(12)19-6(1)11/h3-4H,(H,16,18)/t3?,4-/m1/s1. The van der Waals surface area contributed by atoms with Crippen LogP contribution in [0.4, 0.5) is 13.2 Å². The molecule has 1 aliphatic carbocycles. The highest BCUT2D eigenvalue weighted by molar-refractivity contribution is 9.12. The molecular weight excluding hydrogens is 483 g/mol. The van der Waals surface area contributed by atoms with E-state index in [-0.39, 0.29) is 5.78 Å². The molecule has 1 unspecified atom stereocenters. The molecule has 104 valence electrons. The van der Waals surface area contributed by atoms with Gasteiger partial charge in [-0.05, 0) is 31.9 Å². The summed E-state index contributed by atoms with van der Waals surface area (Å²) in [6.07, 6.45) is -4.99. The Kier molecular flexibility index (Phi) is 4.17. The first-order valence-corrected chi connectivity index (χ1v) is 8.00. The molecule has 0 saturated heterocycles. The number of amides is 1. The molecule has 0 radical (unpaired) electrons. The maximum absolute atomic E-state index is 12.3. The third-order valence-corrected chi connectivity index (χ3v) is 6.02. The van der Waals surface area contributed by atoms with E-state index < -0.39 is 23.0 Å². The average Bonchev–Trinajstić information content (AvgIpc) is 2.69. The van der Waals surface area contributed by atoms with Gasteiger partial charge in [0, 0.05) is 5.56 Å². The molecule has 2 atom stereocenters. The molecule has 1 amide bonds. The lowest BCUT2D eigenvalue weighted by Crippen LogP contribution is -2.41. The van der Waals surface area contributed by atoms with Crippen molar-refractivity contribution in [2.45, 2.75) is 17.0 Å². The van der Waals surface area contributed by atoms with E-state index in [0.29, 0.717) is 18.7 Å². The zero-order valence-corrected chi connectivity index (χ0v) is 14.2. The third-order valence-electron chi connectivity index (χ3n) is 2.50. The normalized spacial score (nSPS) is 22.5. The molecule has 1 aliphatic rings. The Bertz CT molecular complexity index is 572. The second-order valence-electron chi connectivity index (χ2n) is 3.65. The monoisotopic (exact) mass is 483 g/mol. The largest absolute Gasteiger partial charge is 0.471 e. The van der Waals surface area contributed by atoms with E-state index in [9.17, 15) is 22.8 Å². The second kappa shape index (κ2) is 5.12. The number of Topliss-reactive ketones (excluding diaryl/α,β-unsaturated/α-hetero) is 1. The first kappa shape index (κ1) is 15.5. The van der Waals surface area contributed by atoms with E-state index >= 15 is 0 Å². The minimum Gasteiger partial charge on any atom is -0.340 e. The lowest BCUT2D eigenvalue weighted by molar-refractivity contribution is -0.174. The summed E-state index contributed by atoms with van der Waals surface area (Å²) in [5.41, 5.74) is 0.660. The van der Waals surface area contributed by atoms with Crippen LogP contribution in [0.25, 0.3) is 0 Å². The molecule has 1 heterocycles. The summed E-state index contributed by atoms with van der Waals surface area (Å²) in [7, 11) is 0. The van der Waals surface area contributed by atoms with Crippen LogP contribution in [0.15, 0.2) is 7.57 Å². The topological polar surface area (TPSA) is 46.2 Å². The van der Waals surface area contributed by atoms with E-state index in [1.807, 2.05) is 5.32 Å². The Balaban J connectivity index is 2.39. The van der Waals surface area contributed by atoms with Crippen LogP contribution in [0.1, 0.15) is 22.0 Å². The van der Waals surface area contributed by atoms with Crippen LogP contribution in [0, 0.1) is 0 Å². The maximum Gasteiger partial charge on any atom is 0.471 e. The molecule has 3 nitrogen and oxygen atoms in total. The lowest BCUT2D eigenvalue weighted by Gasteiger charge is -2.17. The number of fused-ring (bicyclic) bond motifs is 1. The van der Waals surface area contributed by atoms with Crippen LogP contribution in [0.3, 0.4) is 0 Å². The molecule has 1 N–H and O–H groups in total. The van der Waals surface area contributed by atoms with Gasteiger partial charge in [-0.1, -0.05) is 15.9 Å². The second-order valence-corrected chi connectivity index (χ2v) is 8.30. The van der Waals surface area contributed by atoms with Crippen LogP contribution < -0.4 is 5.32 Å². The molecule has 0 spiro atoms. The molecule has 10 heteroatoms. The summed E-state index contributed by atoms with van der Waals surface area (Å²) < 4.78 is 37.9. The molecule has 1 aromatic rings. The van der Waals surface area contributed by atoms with Crippen LogP contribution in [0.5, 0.6) is 0 Å². The first-order valence-electron chi connectivity index (χ1n) is 4.68. The Morgan fingerprint density at radius 2 is 1.84 bits per heavy atom. The van der Waals surface area contributed by atoms with Gasteiger partial charge in [-0.3, -0.25) is 9.59 Å². The molecule has 19 heavy (non-hydrogen) atoms. The van der Waals surface area contributed by atoms with Crippen molar-refractivity contribution in [1.82, 2.24) is 5.32 Å². The molecule has 1 aromatic heterocycles. The van der Waals surface area contributed by atoms with Gasteiger partial charge >= 0.3 is 12.1 Å². The molecule has 0 bridgehead atoms. The predicted octanol–water partition coefficient (Wildman–Crippen LogP) is 3.95. The zero-order valence-electron chi connectivity index (χ0n) is 8.65. The van der Waals surface area contributed by atoms with Gasteiger partial charge in [0.25, 0.3) is 0 Å². The SMILES string of the molecule is O=C1c2c(Br)sc(Br)c2[C@@H](NC(=O)C(F)(F)F)C1Br. The van der Waals surface area contributed by atoms with Gasteiger partial charge in [0.05, 0.1) is 19.2 Å². The van der Waals surface area contributed by atoms with Crippen molar-refractivity contribution in [3.05, 3.63) is 18.7 Å². The predicted molar refractivity (Wildman–Crippen MR) is 73.7 cm³/mol. The highest BCUT2D eigenvalue weighted by atomic mass is 79.9. The van der Waals surface area contributed by atoms with E-state index in [0.717, 1.165) is 0 Å². The van der Waals surface area contributed by atoms with Crippen molar-refractivity contribution in [1.29, 1.82) is 0 Å². The minimum atomic E-state index is -4.99. The average molecular weight is 486 g/mol. The maximum atomic E-state index is 12.3. The van der Waals surface area contributed by atoms with Crippen molar-refractivity contribution in [2.24, 2.45) is 0 Å². The summed E-state index contributed by atoms with van der Waals surface area (Å²) in [5, 5.41) is 1.83. The summed E-state index contributed by atoms with van der Waals surface area (Å²) in [4.78, 5) is 22.0. The molecule has 0 aliphatic heterocycles. The molecule has 2 rings (SSSR count). The third kappa shape index (κ3) is 2.64. The number of halogens is 6. The van der Waals surface area contributed by atoms with Gasteiger partial charge in [-0.25, -0.2) is 0 Å². The van der Waals surface area contributed by atoms with Crippen molar-refractivity contribution in [2.75, 3.05) is 0 Å². The minimum absolute atomic E-state index is 0.297. The molecular formula is C9H3Br3F3NO2S. The number of rotatable bonds is 1. The highest BCUT2D eigenvalue weighted by Crippen LogP contribution is 2.48. The fourth-order valence-corrected chi connectivity index (χ4v) is 5.61. The van der Waals surface area contributed by atoms with Crippen LogP contribution in [0.2, 0.25) is 0 Å². The summed E-state index contributed by atoms with van der Waals surface area (Å²) in [6, 6.07) is -1.05. The number of hydrogen-bond donors (Lipinski definition) is 1. The van der Waals surface area contributed by atoms with Crippen molar-refractivity contribution in [3.63, 3.8) is 0 Å². The Hall–Kier alpha value is 0.0700. The molecule has 0 fully saturated rings. The van der Waals surface area contributed by atoms with Gasteiger partial charge in [0.1, 0.15) is 4.83 Å². The highest BCUT2D eigenvalue weighted by Gasteiger charge is 2.47. The summed E-state index contributed by atoms with van der Waals surface area (Å²) >= 11 is 10.6. The van der Waals surface area contributed by atoms with E-state index in [2.05, 4.69) is 47.8 Å². The van der Waals surface area contributed by atoms with E-state index in [1.165, 1.54) is 11.3 Å².